The van der Waals surface area contributed by atoms with Gasteiger partial charge in [-0.05, 0) is 42.8 Å². The van der Waals surface area contributed by atoms with Crippen molar-refractivity contribution in [1.82, 2.24) is 9.88 Å². The number of hydrogen-bond acceptors (Lipinski definition) is 6. The zero-order valence-electron chi connectivity index (χ0n) is 18.2. The van der Waals surface area contributed by atoms with E-state index in [4.69, 9.17) is 4.42 Å². The lowest BCUT2D eigenvalue weighted by Crippen LogP contribution is -2.49. The van der Waals surface area contributed by atoms with Gasteiger partial charge in [-0.3, -0.25) is 9.69 Å². The van der Waals surface area contributed by atoms with E-state index in [9.17, 15) is 14.0 Å². The minimum absolute atomic E-state index is 0.187. The van der Waals surface area contributed by atoms with Crippen molar-refractivity contribution < 1.29 is 13.6 Å². The van der Waals surface area contributed by atoms with Crippen LogP contribution in [0.3, 0.4) is 0 Å². The average Bonchev–Trinajstić information content (AvgIpc) is 2.80. The first-order valence-corrected chi connectivity index (χ1v) is 10.8. The number of aromatic nitrogens is 1. The maximum Gasteiger partial charge on any atom is 0.346 e. The van der Waals surface area contributed by atoms with E-state index in [2.05, 4.69) is 10.3 Å². The molecule has 2 aromatic heterocycles. The average molecular weight is 446 g/mol. The van der Waals surface area contributed by atoms with E-state index in [-0.39, 0.29) is 18.3 Å². The molecule has 1 amide bonds. The predicted octanol–water partition coefficient (Wildman–Crippen LogP) is 3.55. The van der Waals surface area contributed by atoms with Crippen LogP contribution in [0.25, 0.3) is 21.9 Å². The van der Waals surface area contributed by atoms with Crippen molar-refractivity contribution >= 4 is 39.3 Å². The van der Waals surface area contributed by atoms with Crippen LogP contribution in [0, 0.1) is 12.7 Å². The Morgan fingerprint density at radius 1 is 1.09 bits per heavy atom. The molecule has 0 saturated carbocycles. The van der Waals surface area contributed by atoms with Gasteiger partial charge in [0.15, 0.2) is 0 Å². The summed E-state index contributed by atoms with van der Waals surface area (Å²) in [4.78, 5) is 33.7. The Kier molecular flexibility index (Phi) is 5.51. The number of halogens is 1. The summed E-state index contributed by atoms with van der Waals surface area (Å²) in [5.41, 5.74) is 1.80. The van der Waals surface area contributed by atoms with Crippen molar-refractivity contribution in [2.24, 2.45) is 0 Å². The molecule has 0 radical (unpaired) electrons. The summed E-state index contributed by atoms with van der Waals surface area (Å²) >= 11 is 0. The van der Waals surface area contributed by atoms with E-state index in [1.807, 2.05) is 28.0 Å². The number of nitrogens with one attached hydrogen (secondary N) is 1. The Labute approximate surface area is 189 Å². The molecule has 5 rings (SSSR count). The maximum absolute atomic E-state index is 14.0. The number of pyridine rings is 1. The van der Waals surface area contributed by atoms with Crippen LogP contribution in [0.1, 0.15) is 5.56 Å². The molecule has 2 aromatic carbocycles. The second-order valence-electron chi connectivity index (χ2n) is 8.20. The van der Waals surface area contributed by atoms with Crippen molar-refractivity contribution in [3.63, 3.8) is 0 Å². The Balaban J connectivity index is 1.29. The second kappa shape index (κ2) is 8.63. The maximum atomic E-state index is 14.0. The number of carbonyl (C=O) groups excluding carboxylic acids is 1. The van der Waals surface area contributed by atoms with Crippen LogP contribution >= 0.6 is 0 Å². The van der Waals surface area contributed by atoms with Gasteiger partial charge in [-0.2, -0.15) is 0 Å². The molecule has 1 N–H and O–H groups in total. The van der Waals surface area contributed by atoms with Crippen LogP contribution in [-0.2, 0) is 4.79 Å². The molecular formula is C25H23FN4O3. The molecule has 0 bridgehead atoms. The number of anilines is 2. The third-order valence-electron chi connectivity index (χ3n) is 5.97. The predicted molar refractivity (Wildman–Crippen MR) is 126 cm³/mol. The fraction of sp³-hybridized carbons (Fsp3) is 0.240. The monoisotopic (exact) mass is 446 g/mol. The molecule has 1 fully saturated rings. The van der Waals surface area contributed by atoms with Crippen molar-refractivity contribution in [3.05, 3.63) is 76.4 Å². The number of fused-ring (bicyclic) bond motifs is 3. The Bertz CT molecular complexity index is 1410. The molecule has 7 nitrogen and oxygen atoms in total. The minimum Gasteiger partial charge on any atom is -0.422 e. The highest BCUT2D eigenvalue weighted by Gasteiger charge is 2.21. The van der Waals surface area contributed by atoms with E-state index in [0.29, 0.717) is 59.7 Å². The van der Waals surface area contributed by atoms with Gasteiger partial charge in [-0.1, -0.05) is 24.3 Å². The standard InChI is InChI=1S/C25H23FN4O3/c1-16-14-21(28-24-17-6-2-5-9-20(17)33-25(32)23(16)24)27-22(31)15-29-10-12-30(13-11-29)19-8-4-3-7-18(19)26/h2-9,14H,10-13,15H2,1H3,(H,27,28,31). The number of aryl methyl sites for hydroxylation is 1. The normalized spacial score (nSPS) is 14.7. The van der Waals surface area contributed by atoms with Crippen molar-refractivity contribution in [2.75, 3.05) is 42.9 Å². The number of piperazine rings is 1. The summed E-state index contributed by atoms with van der Waals surface area (Å²) in [6, 6.07) is 15.6. The van der Waals surface area contributed by atoms with Gasteiger partial charge in [-0.25, -0.2) is 14.2 Å². The lowest BCUT2D eigenvalue weighted by atomic mass is 10.1. The zero-order chi connectivity index (χ0) is 22.9. The molecule has 33 heavy (non-hydrogen) atoms. The summed E-state index contributed by atoms with van der Waals surface area (Å²) in [7, 11) is 0. The molecule has 1 aliphatic rings. The van der Waals surface area contributed by atoms with Crippen molar-refractivity contribution in [1.29, 1.82) is 0 Å². The van der Waals surface area contributed by atoms with Gasteiger partial charge in [0.1, 0.15) is 17.2 Å². The third-order valence-corrected chi connectivity index (χ3v) is 5.97. The number of para-hydroxylation sites is 2. The summed E-state index contributed by atoms with van der Waals surface area (Å²) in [5.74, 6) is -0.0263. The van der Waals surface area contributed by atoms with E-state index in [1.165, 1.54) is 6.07 Å². The molecule has 8 heteroatoms. The summed E-state index contributed by atoms with van der Waals surface area (Å²) < 4.78 is 19.4. The highest BCUT2D eigenvalue weighted by Crippen LogP contribution is 2.25. The van der Waals surface area contributed by atoms with Gasteiger partial charge in [0, 0.05) is 31.6 Å². The first-order chi connectivity index (χ1) is 16.0. The third kappa shape index (κ3) is 4.17. The molecule has 4 aromatic rings. The largest absolute Gasteiger partial charge is 0.422 e. The Hall–Kier alpha value is -3.78. The smallest absolute Gasteiger partial charge is 0.346 e. The topological polar surface area (TPSA) is 78.7 Å². The molecule has 1 aliphatic heterocycles. The van der Waals surface area contributed by atoms with E-state index in [1.54, 1.807) is 37.3 Å². The fourth-order valence-corrected chi connectivity index (χ4v) is 4.33. The minimum atomic E-state index is -0.445. The quantitative estimate of drug-likeness (QED) is 0.382. The van der Waals surface area contributed by atoms with Crippen LogP contribution in [-0.4, -0.2) is 48.5 Å². The van der Waals surface area contributed by atoms with Gasteiger partial charge in [0.05, 0.1) is 23.1 Å². The number of benzene rings is 2. The highest BCUT2D eigenvalue weighted by molar-refractivity contribution is 6.04. The first kappa shape index (κ1) is 21.1. The van der Waals surface area contributed by atoms with Crippen molar-refractivity contribution in [3.8, 4) is 0 Å². The van der Waals surface area contributed by atoms with Crippen LogP contribution in [0.15, 0.2) is 63.8 Å². The molecule has 3 heterocycles. The molecule has 0 atom stereocenters. The van der Waals surface area contributed by atoms with Gasteiger partial charge in [0.25, 0.3) is 0 Å². The van der Waals surface area contributed by atoms with Crippen molar-refractivity contribution in [2.45, 2.75) is 6.92 Å². The lowest BCUT2D eigenvalue weighted by Gasteiger charge is -2.35. The lowest BCUT2D eigenvalue weighted by molar-refractivity contribution is -0.117. The van der Waals surface area contributed by atoms with E-state index in [0.717, 1.165) is 5.39 Å². The number of rotatable bonds is 4. The van der Waals surface area contributed by atoms with E-state index >= 15 is 0 Å². The van der Waals surface area contributed by atoms with Crippen LogP contribution in [0.2, 0.25) is 0 Å². The molecule has 0 spiro atoms. The molecule has 1 saturated heterocycles. The Morgan fingerprint density at radius 3 is 2.61 bits per heavy atom. The fourth-order valence-electron chi connectivity index (χ4n) is 4.33. The number of hydrogen-bond donors (Lipinski definition) is 1. The summed E-state index contributed by atoms with van der Waals surface area (Å²) in [6.45, 7) is 4.59. The molecular weight excluding hydrogens is 423 g/mol. The second-order valence-corrected chi connectivity index (χ2v) is 8.20. The zero-order valence-corrected chi connectivity index (χ0v) is 18.2. The number of amides is 1. The van der Waals surface area contributed by atoms with Gasteiger partial charge >= 0.3 is 5.63 Å². The Morgan fingerprint density at radius 2 is 1.82 bits per heavy atom. The van der Waals surface area contributed by atoms with Crippen LogP contribution < -0.4 is 15.8 Å². The highest BCUT2D eigenvalue weighted by atomic mass is 19.1. The number of carbonyl (C=O) groups is 1. The first-order valence-electron chi connectivity index (χ1n) is 10.8. The summed E-state index contributed by atoms with van der Waals surface area (Å²) in [6.07, 6.45) is 0. The van der Waals surface area contributed by atoms with Crippen LogP contribution in [0.4, 0.5) is 15.9 Å². The summed E-state index contributed by atoms with van der Waals surface area (Å²) in [5, 5.41) is 3.99. The van der Waals surface area contributed by atoms with Gasteiger partial charge < -0.3 is 14.6 Å². The number of nitrogens with zero attached hydrogens (tertiary/aromatic N) is 3. The molecule has 0 aliphatic carbocycles. The SMILES string of the molecule is Cc1cc(NC(=O)CN2CCN(c3ccccc3F)CC2)nc2c1c(=O)oc1ccccc12. The van der Waals surface area contributed by atoms with Gasteiger partial charge in [0.2, 0.25) is 5.91 Å². The molecule has 0 unspecified atom stereocenters. The van der Waals surface area contributed by atoms with Gasteiger partial charge in [-0.15, -0.1) is 0 Å². The molecule has 168 valence electrons. The van der Waals surface area contributed by atoms with Crippen LogP contribution in [0.5, 0.6) is 0 Å². The van der Waals surface area contributed by atoms with E-state index < -0.39 is 5.63 Å².